The van der Waals surface area contributed by atoms with Gasteiger partial charge in [0, 0.05) is 29.9 Å². The van der Waals surface area contributed by atoms with Gasteiger partial charge in [-0.3, -0.25) is 14.2 Å². The molecule has 3 amide bonds. The van der Waals surface area contributed by atoms with Gasteiger partial charge in [0.05, 0.1) is 23.7 Å². The summed E-state index contributed by atoms with van der Waals surface area (Å²) in [5, 5.41) is 8.81. The Bertz CT molecular complexity index is 1440. The van der Waals surface area contributed by atoms with Crippen molar-refractivity contribution in [1.29, 1.82) is 0 Å². The fraction of sp³-hybridized carbons (Fsp3) is 0.259. The Morgan fingerprint density at radius 1 is 0.944 bits per heavy atom. The summed E-state index contributed by atoms with van der Waals surface area (Å²) in [6, 6.07) is 15.0. The van der Waals surface area contributed by atoms with Gasteiger partial charge >= 0.3 is 6.03 Å². The first-order valence-electron chi connectivity index (χ1n) is 12.1. The zero-order valence-corrected chi connectivity index (χ0v) is 19.8. The Labute approximate surface area is 207 Å². The zero-order chi connectivity index (χ0) is 24.9. The van der Waals surface area contributed by atoms with E-state index in [4.69, 9.17) is 9.40 Å². The molecule has 2 aromatic heterocycles. The minimum absolute atomic E-state index is 0.0415. The molecule has 184 valence electrons. The van der Waals surface area contributed by atoms with Crippen LogP contribution in [-0.2, 0) is 19.5 Å². The molecule has 0 unspecified atom stereocenters. The van der Waals surface area contributed by atoms with E-state index in [-0.39, 0.29) is 24.0 Å². The van der Waals surface area contributed by atoms with Crippen molar-refractivity contribution in [2.24, 2.45) is 0 Å². The Morgan fingerprint density at radius 3 is 2.50 bits per heavy atom. The van der Waals surface area contributed by atoms with Crippen LogP contribution in [0.4, 0.5) is 16.2 Å². The molecule has 36 heavy (non-hydrogen) atoms. The van der Waals surface area contributed by atoms with Crippen LogP contribution in [0.15, 0.2) is 70.1 Å². The van der Waals surface area contributed by atoms with Gasteiger partial charge in [-0.1, -0.05) is 12.8 Å². The molecule has 3 heterocycles. The number of furan rings is 1. The molecular weight excluding hydrogens is 458 g/mol. The van der Waals surface area contributed by atoms with Crippen molar-refractivity contribution in [2.45, 2.75) is 45.2 Å². The molecule has 0 saturated carbocycles. The Morgan fingerprint density at radius 2 is 1.72 bits per heavy atom. The second-order valence-electron chi connectivity index (χ2n) is 8.80. The number of urea groups is 1. The Hall–Kier alpha value is -4.40. The number of aromatic nitrogens is 2. The largest absolute Gasteiger partial charge is 0.467 e. The van der Waals surface area contributed by atoms with Crippen LogP contribution in [0.5, 0.6) is 0 Å². The number of amides is 3. The van der Waals surface area contributed by atoms with E-state index >= 15 is 0 Å². The molecule has 5 rings (SSSR count). The normalized spacial score (nSPS) is 13.3. The van der Waals surface area contributed by atoms with Crippen LogP contribution in [0.2, 0.25) is 0 Å². The molecule has 2 aromatic carbocycles. The lowest BCUT2D eigenvalue weighted by Gasteiger charge is -2.16. The summed E-state index contributed by atoms with van der Waals surface area (Å²) in [7, 11) is 0. The van der Waals surface area contributed by atoms with Crippen molar-refractivity contribution >= 4 is 34.2 Å². The van der Waals surface area contributed by atoms with E-state index < -0.39 is 0 Å². The summed E-state index contributed by atoms with van der Waals surface area (Å²) < 4.78 is 6.97. The van der Waals surface area contributed by atoms with Crippen LogP contribution in [-0.4, -0.2) is 21.5 Å². The number of aryl methyl sites for hydroxylation is 1. The maximum absolute atomic E-state index is 13.0. The van der Waals surface area contributed by atoms with Crippen molar-refractivity contribution in [3.8, 4) is 0 Å². The number of rotatable bonds is 5. The highest BCUT2D eigenvalue weighted by molar-refractivity contribution is 6.06. The van der Waals surface area contributed by atoms with E-state index in [0.717, 1.165) is 37.9 Å². The minimum Gasteiger partial charge on any atom is -0.467 e. The average Bonchev–Trinajstić information content (AvgIpc) is 3.39. The van der Waals surface area contributed by atoms with Crippen molar-refractivity contribution in [1.82, 2.24) is 14.9 Å². The first-order chi connectivity index (χ1) is 17.6. The zero-order valence-electron chi connectivity index (χ0n) is 19.8. The van der Waals surface area contributed by atoms with E-state index in [1.807, 2.05) is 0 Å². The molecule has 0 spiro atoms. The molecule has 1 aliphatic rings. The van der Waals surface area contributed by atoms with E-state index in [1.165, 1.54) is 0 Å². The Kier molecular flexibility index (Phi) is 6.79. The number of fused-ring (bicyclic) bond motifs is 2. The topological polar surface area (TPSA) is 118 Å². The number of hydrogen-bond acceptors (Lipinski definition) is 5. The summed E-state index contributed by atoms with van der Waals surface area (Å²) in [4.78, 5) is 42.7. The van der Waals surface area contributed by atoms with Crippen molar-refractivity contribution in [3.05, 3.63) is 88.4 Å². The summed E-state index contributed by atoms with van der Waals surface area (Å²) >= 11 is 0. The molecule has 0 aliphatic carbocycles. The number of carbonyl (C=O) groups is 2. The number of benzene rings is 2. The minimum atomic E-state index is -0.365. The van der Waals surface area contributed by atoms with Crippen LogP contribution in [0.1, 0.15) is 47.6 Å². The van der Waals surface area contributed by atoms with Crippen LogP contribution in [0.3, 0.4) is 0 Å². The number of carbonyl (C=O) groups excluding carboxylic acids is 2. The van der Waals surface area contributed by atoms with Crippen LogP contribution in [0, 0.1) is 0 Å². The molecule has 9 heteroatoms. The number of nitrogens with zero attached hydrogens (tertiary/aromatic N) is 2. The lowest BCUT2D eigenvalue weighted by atomic mass is 10.1. The predicted octanol–water partition coefficient (Wildman–Crippen LogP) is 4.68. The quantitative estimate of drug-likeness (QED) is 0.379. The van der Waals surface area contributed by atoms with Gasteiger partial charge in [-0.05, 0) is 67.4 Å². The second kappa shape index (κ2) is 10.5. The van der Waals surface area contributed by atoms with Gasteiger partial charge in [0.1, 0.15) is 11.6 Å². The third kappa shape index (κ3) is 5.30. The maximum atomic E-state index is 13.0. The van der Waals surface area contributed by atoms with Crippen LogP contribution >= 0.6 is 0 Å². The SMILES string of the molecule is O=C(NCc1ccco1)Nc1ccc(NC(=O)c2ccc3c(=O)n4c(nc3c2)CCCCCC4)cc1. The van der Waals surface area contributed by atoms with E-state index in [1.54, 1.807) is 65.4 Å². The average molecular weight is 486 g/mol. The van der Waals surface area contributed by atoms with Crippen LogP contribution < -0.4 is 21.5 Å². The highest BCUT2D eigenvalue weighted by atomic mass is 16.3. The fourth-order valence-electron chi connectivity index (χ4n) is 4.33. The standard InChI is InChI=1S/C27H27N5O4/c33-25(29-19-9-11-20(12-10-19)30-27(35)28-17-21-6-5-15-36-21)18-8-13-22-23(16-18)31-24-7-3-1-2-4-14-32(24)26(22)34/h5-6,8-13,15-16H,1-4,7,14,17H2,(H,29,33)(H2,28,30,35). The monoisotopic (exact) mass is 485 g/mol. The maximum Gasteiger partial charge on any atom is 0.319 e. The smallest absolute Gasteiger partial charge is 0.319 e. The summed E-state index contributed by atoms with van der Waals surface area (Å²) in [5.41, 5.74) is 2.08. The number of nitrogens with one attached hydrogen (secondary N) is 3. The summed E-state index contributed by atoms with van der Waals surface area (Å²) in [6.07, 6.45) is 6.56. The summed E-state index contributed by atoms with van der Waals surface area (Å²) in [5.74, 6) is 1.15. The molecule has 0 fully saturated rings. The molecule has 0 saturated heterocycles. The first kappa shape index (κ1) is 23.3. The van der Waals surface area contributed by atoms with Gasteiger partial charge in [0.2, 0.25) is 0 Å². The molecule has 0 bridgehead atoms. The second-order valence-corrected chi connectivity index (χ2v) is 8.80. The number of anilines is 2. The van der Waals surface area contributed by atoms with Crippen molar-refractivity contribution in [3.63, 3.8) is 0 Å². The van der Waals surface area contributed by atoms with Gasteiger partial charge in [-0.2, -0.15) is 0 Å². The van der Waals surface area contributed by atoms with E-state index in [2.05, 4.69) is 16.0 Å². The van der Waals surface area contributed by atoms with E-state index in [9.17, 15) is 14.4 Å². The van der Waals surface area contributed by atoms with Gasteiger partial charge < -0.3 is 20.4 Å². The van der Waals surface area contributed by atoms with Gasteiger partial charge in [0.15, 0.2) is 0 Å². The number of hydrogen-bond donors (Lipinski definition) is 3. The molecule has 4 aromatic rings. The molecule has 0 radical (unpaired) electrons. The van der Waals surface area contributed by atoms with Crippen molar-refractivity contribution in [2.75, 3.05) is 10.6 Å². The van der Waals surface area contributed by atoms with Crippen LogP contribution in [0.25, 0.3) is 10.9 Å². The highest BCUT2D eigenvalue weighted by Crippen LogP contribution is 2.18. The van der Waals surface area contributed by atoms with Gasteiger partial charge in [-0.15, -0.1) is 0 Å². The Balaban J connectivity index is 1.25. The molecular formula is C27H27N5O4. The predicted molar refractivity (Wildman–Crippen MR) is 137 cm³/mol. The molecule has 9 nitrogen and oxygen atoms in total. The molecule has 0 atom stereocenters. The molecule has 1 aliphatic heterocycles. The molecule has 3 N–H and O–H groups in total. The third-order valence-electron chi connectivity index (χ3n) is 6.23. The van der Waals surface area contributed by atoms with E-state index in [0.29, 0.717) is 40.1 Å². The lowest BCUT2D eigenvalue weighted by Crippen LogP contribution is -2.27. The van der Waals surface area contributed by atoms with Gasteiger partial charge in [-0.25, -0.2) is 9.78 Å². The van der Waals surface area contributed by atoms with Gasteiger partial charge in [0.25, 0.3) is 11.5 Å². The highest BCUT2D eigenvalue weighted by Gasteiger charge is 2.15. The first-order valence-corrected chi connectivity index (χ1v) is 12.1. The lowest BCUT2D eigenvalue weighted by molar-refractivity contribution is 0.102. The summed E-state index contributed by atoms with van der Waals surface area (Å²) in [6.45, 7) is 0.971. The van der Waals surface area contributed by atoms with Crippen molar-refractivity contribution < 1.29 is 14.0 Å². The fourth-order valence-corrected chi connectivity index (χ4v) is 4.33. The third-order valence-corrected chi connectivity index (χ3v) is 6.23.